The molecule has 1 unspecified atom stereocenters. The lowest BCUT2D eigenvalue weighted by Gasteiger charge is -2.21. The molecule has 0 fully saturated rings. The Bertz CT molecular complexity index is 502. The summed E-state index contributed by atoms with van der Waals surface area (Å²) < 4.78 is 25.4. The predicted octanol–water partition coefficient (Wildman–Crippen LogP) is 0.560. The molecular formula is C11H17N3O2S2. The van der Waals surface area contributed by atoms with Gasteiger partial charge in [0.15, 0.2) is 0 Å². The van der Waals surface area contributed by atoms with E-state index in [2.05, 4.69) is 4.98 Å². The number of nitrogens with zero attached hydrogens (tertiary/aromatic N) is 2. The van der Waals surface area contributed by atoms with Crippen LogP contribution in [0, 0.1) is 0 Å². The Balaban J connectivity index is 2.66. The van der Waals surface area contributed by atoms with Crippen molar-refractivity contribution >= 4 is 27.2 Å². The number of likely N-dealkylation sites (N-methyl/N-ethyl adjacent to an activating group) is 1. The van der Waals surface area contributed by atoms with E-state index in [9.17, 15) is 8.42 Å². The van der Waals surface area contributed by atoms with Crippen LogP contribution in [-0.4, -0.2) is 41.5 Å². The van der Waals surface area contributed by atoms with Crippen LogP contribution in [0.1, 0.15) is 12.5 Å². The van der Waals surface area contributed by atoms with Gasteiger partial charge in [-0.15, -0.1) is 0 Å². The van der Waals surface area contributed by atoms with Crippen molar-refractivity contribution in [3.05, 3.63) is 30.1 Å². The number of thiocarbonyl (C=S) groups is 1. The molecule has 2 N–H and O–H groups in total. The van der Waals surface area contributed by atoms with Gasteiger partial charge in [-0.1, -0.05) is 12.2 Å². The second kappa shape index (κ2) is 6.21. The number of hydrogen-bond donors (Lipinski definition) is 1. The summed E-state index contributed by atoms with van der Waals surface area (Å²) in [6, 6.07) is 3.72. The summed E-state index contributed by atoms with van der Waals surface area (Å²) in [5.74, 6) is 0. The quantitative estimate of drug-likeness (QED) is 0.774. The average molecular weight is 287 g/mol. The monoisotopic (exact) mass is 287 g/mol. The molecule has 5 nitrogen and oxygen atoms in total. The lowest BCUT2D eigenvalue weighted by Crippen LogP contribution is -2.41. The SMILES string of the molecule is CC(C(N)=S)S(=O)(=O)N(C)CCc1ccncc1. The van der Waals surface area contributed by atoms with Crippen LogP contribution in [0.15, 0.2) is 24.5 Å². The summed E-state index contributed by atoms with van der Waals surface area (Å²) in [6.07, 6.45) is 3.99. The molecule has 7 heteroatoms. The molecule has 1 aromatic rings. The summed E-state index contributed by atoms with van der Waals surface area (Å²) in [7, 11) is -1.92. The number of aromatic nitrogens is 1. The maximum absolute atomic E-state index is 12.0. The molecule has 1 heterocycles. The summed E-state index contributed by atoms with van der Waals surface area (Å²) >= 11 is 4.73. The third-order valence-corrected chi connectivity index (χ3v) is 5.45. The van der Waals surface area contributed by atoms with E-state index >= 15 is 0 Å². The Labute approximate surface area is 113 Å². The van der Waals surface area contributed by atoms with E-state index in [1.165, 1.54) is 18.3 Å². The van der Waals surface area contributed by atoms with Crippen LogP contribution in [0.5, 0.6) is 0 Å². The first kappa shape index (κ1) is 15.0. The van der Waals surface area contributed by atoms with Crippen molar-refractivity contribution in [3.63, 3.8) is 0 Å². The van der Waals surface area contributed by atoms with Crippen molar-refractivity contribution in [2.45, 2.75) is 18.6 Å². The van der Waals surface area contributed by atoms with Gasteiger partial charge in [0, 0.05) is 26.0 Å². The zero-order valence-electron chi connectivity index (χ0n) is 10.4. The molecule has 0 spiro atoms. The fraction of sp³-hybridized carbons (Fsp3) is 0.455. The van der Waals surface area contributed by atoms with E-state index in [0.29, 0.717) is 13.0 Å². The van der Waals surface area contributed by atoms with Crippen LogP contribution < -0.4 is 5.73 Å². The normalized spacial score (nSPS) is 13.5. The summed E-state index contributed by atoms with van der Waals surface area (Å²) in [5, 5.41) is -0.838. The van der Waals surface area contributed by atoms with E-state index in [0.717, 1.165) is 5.56 Å². The van der Waals surface area contributed by atoms with Crippen LogP contribution in [-0.2, 0) is 16.4 Å². The van der Waals surface area contributed by atoms with Crippen molar-refractivity contribution in [2.24, 2.45) is 5.73 Å². The van der Waals surface area contributed by atoms with Crippen LogP contribution in [0.3, 0.4) is 0 Å². The molecule has 18 heavy (non-hydrogen) atoms. The summed E-state index contributed by atoms with van der Waals surface area (Å²) in [5.41, 5.74) is 6.42. The Morgan fingerprint density at radius 2 is 2.06 bits per heavy atom. The van der Waals surface area contributed by atoms with Gasteiger partial charge >= 0.3 is 0 Å². The molecule has 0 aliphatic carbocycles. The number of nitrogens with two attached hydrogens (primary N) is 1. The fourth-order valence-corrected chi connectivity index (χ4v) is 2.92. The van der Waals surface area contributed by atoms with Gasteiger partial charge in [-0.25, -0.2) is 12.7 Å². The minimum absolute atomic E-state index is 0.00855. The standard InChI is InChI=1S/C11H17N3O2S2/c1-9(11(12)17)18(15,16)14(2)8-5-10-3-6-13-7-4-10/h3-4,6-7,9H,5,8H2,1-2H3,(H2,12,17). The predicted molar refractivity (Wildman–Crippen MR) is 75.7 cm³/mol. The highest BCUT2D eigenvalue weighted by Gasteiger charge is 2.27. The van der Waals surface area contributed by atoms with Crippen LogP contribution >= 0.6 is 12.2 Å². The highest BCUT2D eigenvalue weighted by molar-refractivity contribution is 7.92. The molecule has 0 aromatic carbocycles. The van der Waals surface area contributed by atoms with E-state index in [1.807, 2.05) is 12.1 Å². The molecule has 1 atom stereocenters. The molecule has 1 rings (SSSR count). The first-order valence-electron chi connectivity index (χ1n) is 5.49. The van der Waals surface area contributed by atoms with Gasteiger partial charge in [-0.2, -0.15) is 0 Å². The van der Waals surface area contributed by atoms with Gasteiger partial charge in [-0.05, 0) is 31.0 Å². The molecule has 0 radical (unpaired) electrons. The molecule has 0 saturated heterocycles. The largest absolute Gasteiger partial charge is 0.392 e. The van der Waals surface area contributed by atoms with Gasteiger partial charge in [-0.3, -0.25) is 4.98 Å². The topological polar surface area (TPSA) is 76.3 Å². The van der Waals surface area contributed by atoms with Gasteiger partial charge in [0.05, 0.1) is 4.99 Å². The lowest BCUT2D eigenvalue weighted by molar-refractivity contribution is 0.470. The minimum Gasteiger partial charge on any atom is -0.392 e. The van der Waals surface area contributed by atoms with E-state index in [-0.39, 0.29) is 4.99 Å². The highest BCUT2D eigenvalue weighted by atomic mass is 32.2. The summed E-state index contributed by atoms with van der Waals surface area (Å²) in [6.45, 7) is 1.89. The van der Waals surface area contributed by atoms with Crippen molar-refractivity contribution in [1.82, 2.24) is 9.29 Å². The molecule has 0 saturated carbocycles. The third kappa shape index (κ3) is 3.72. The molecule has 0 amide bonds. The average Bonchev–Trinajstić information content (AvgIpc) is 2.35. The molecule has 0 bridgehead atoms. The Morgan fingerprint density at radius 1 is 1.50 bits per heavy atom. The van der Waals surface area contributed by atoms with E-state index < -0.39 is 15.3 Å². The Hall–Kier alpha value is -1.05. The highest BCUT2D eigenvalue weighted by Crippen LogP contribution is 2.09. The number of rotatable bonds is 6. The number of sulfonamides is 1. The van der Waals surface area contributed by atoms with E-state index in [1.54, 1.807) is 12.4 Å². The van der Waals surface area contributed by atoms with Crippen LogP contribution in [0.4, 0.5) is 0 Å². The zero-order valence-corrected chi connectivity index (χ0v) is 12.0. The number of pyridine rings is 1. The first-order valence-corrected chi connectivity index (χ1v) is 7.40. The summed E-state index contributed by atoms with van der Waals surface area (Å²) in [4.78, 5) is 3.90. The van der Waals surface area contributed by atoms with Crippen molar-refractivity contribution in [2.75, 3.05) is 13.6 Å². The molecular weight excluding hydrogens is 270 g/mol. The maximum atomic E-state index is 12.0. The van der Waals surface area contributed by atoms with Crippen molar-refractivity contribution in [1.29, 1.82) is 0 Å². The second-order valence-electron chi connectivity index (χ2n) is 4.02. The van der Waals surface area contributed by atoms with Gasteiger partial charge in [0.25, 0.3) is 0 Å². The molecule has 0 aliphatic rings. The van der Waals surface area contributed by atoms with E-state index in [4.69, 9.17) is 18.0 Å². The third-order valence-electron chi connectivity index (χ3n) is 2.75. The fourth-order valence-electron chi connectivity index (χ4n) is 1.38. The van der Waals surface area contributed by atoms with Gasteiger partial charge in [0.2, 0.25) is 10.0 Å². The lowest BCUT2D eigenvalue weighted by atomic mass is 10.2. The minimum atomic E-state index is -3.46. The van der Waals surface area contributed by atoms with Crippen molar-refractivity contribution in [3.8, 4) is 0 Å². The molecule has 1 aromatic heterocycles. The van der Waals surface area contributed by atoms with Crippen LogP contribution in [0.25, 0.3) is 0 Å². The first-order chi connectivity index (χ1) is 8.35. The van der Waals surface area contributed by atoms with Crippen molar-refractivity contribution < 1.29 is 8.42 Å². The van der Waals surface area contributed by atoms with Crippen LogP contribution in [0.2, 0.25) is 0 Å². The Kier molecular flexibility index (Phi) is 5.18. The molecule has 0 aliphatic heterocycles. The second-order valence-corrected chi connectivity index (χ2v) is 6.85. The maximum Gasteiger partial charge on any atom is 0.222 e. The number of hydrogen-bond acceptors (Lipinski definition) is 4. The van der Waals surface area contributed by atoms with Gasteiger partial charge < -0.3 is 5.73 Å². The Morgan fingerprint density at radius 3 is 2.56 bits per heavy atom. The molecule has 100 valence electrons. The smallest absolute Gasteiger partial charge is 0.222 e. The van der Waals surface area contributed by atoms with Gasteiger partial charge in [0.1, 0.15) is 5.25 Å². The zero-order chi connectivity index (χ0) is 13.8.